The van der Waals surface area contributed by atoms with E-state index >= 15 is 0 Å². The van der Waals surface area contributed by atoms with Crippen LogP contribution in [0.2, 0.25) is 0 Å². The van der Waals surface area contributed by atoms with Gasteiger partial charge in [-0.3, -0.25) is 9.78 Å². The van der Waals surface area contributed by atoms with Gasteiger partial charge in [0.1, 0.15) is 12.1 Å². The van der Waals surface area contributed by atoms with E-state index in [4.69, 9.17) is 14.0 Å². The van der Waals surface area contributed by atoms with Crippen LogP contribution in [0.4, 0.5) is 0 Å². The molecule has 1 aromatic carbocycles. The fourth-order valence-corrected chi connectivity index (χ4v) is 3.39. The highest BCUT2D eigenvalue weighted by atomic mass is 16.5. The zero-order valence-electron chi connectivity index (χ0n) is 17.1. The molecule has 2 heterocycles. The molecule has 8 nitrogen and oxygen atoms in total. The summed E-state index contributed by atoms with van der Waals surface area (Å²) in [5.41, 5.74) is 0.912. The Kier molecular flexibility index (Phi) is 5.65. The SMILES string of the molecule is CCOc1cc(C(=O)NC2(c3noc(C)n3)CCC2)ccc1OCc1ccncc1. The number of aromatic nitrogens is 3. The molecule has 0 aliphatic heterocycles. The molecule has 8 heteroatoms. The van der Waals surface area contributed by atoms with E-state index in [1.807, 2.05) is 19.1 Å². The highest BCUT2D eigenvalue weighted by molar-refractivity contribution is 5.95. The molecule has 30 heavy (non-hydrogen) atoms. The van der Waals surface area contributed by atoms with Gasteiger partial charge in [-0.2, -0.15) is 4.98 Å². The summed E-state index contributed by atoms with van der Waals surface area (Å²) in [6.07, 6.45) is 6.00. The Hall–Kier alpha value is -3.42. The van der Waals surface area contributed by atoms with Crippen LogP contribution in [0.25, 0.3) is 0 Å². The third kappa shape index (κ3) is 4.12. The van der Waals surface area contributed by atoms with Gasteiger partial charge in [-0.15, -0.1) is 0 Å². The fraction of sp³-hybridized carbons (Fsp3) is 0.364. The zero-order valence-corrected chi connectivity index (χ0v) is 17.1. The van der Waals surface area contributed by atoms with Crippen molar-refractivity contribution in [2.45, 2.75) is 45.3 Å². The molecular formula is C22H24N4O4. The van der Waals surface area contributed by atoms with Crippen molar-refractivity contribution < 1.29 is 18.8 Å². The maximum Gasteiger partial charge on any atom is 0.252 e. The number of rotatable bonds is 8. The van der Waals surface area contributed by atoms with Gasteiger partial charge in [0.15, 0.2) is 17.3 Å². The van der Waals surface area contributed by atoms with Gasteiger partial charge in [0.2, 0.25) is 5.89 Å². The number of aryl methyl sites for hydroxylation is 1. The molecule has 2 aromatic heterocycles. The average molecular weight is 408 g/mol. The van der Waals surface area contributed by atoms with Crippen LogP contribution in [0.15, 0.2) is 47.2 Å². The number of amides is 1. The number of carbonyl (C=O) groups excluding carboxylic acids is 1. The lowest BCUT2D eigenvalue weighted by Crippen LogP contribution is -2.51. The molecule has 1 aliphatic carbocycles. The summed E-state index contributed by atoms with van der Waals surface area (Å²) in [6.45, 7) is 4.47. The van der Waals surface area contributed by atoms with Crippen molar-refractivity contribution in [1.29, 1.82) is 0 Å². The summed E-state index contributed by atoms with van der Waals surface area (Å²) in [4.78, 5) is 21.3. The monoisotopic (exact) mass is 408 g/mol. The summed E-state index contributed by atoms with van der Waals surface area (Å²) in [5, 5.41) is 7.12. The molecule has 3 aromatic rings. The lowest BCUT2D eigenvalue weighted by atomic mass is 9.76. The Morgan fingerprint density at radius 1 is 1.17 bits per heavy atom. The molecule has 156 valence electrons. The molecule has 0 saturated heterocycles. The summed E-state index contributed by atoms with van der Waals surface area (Å²) in [6, 6.07) is 8.97. The van der Waals surface area contributed by atoms with Crippen LogP contribution < -0.4 is 14.8 Å². The molecule has 1 saturated carbocycles. The van der Waals surface area contributed by atoms with Crippen molar-refractivity contribution in [2.24, 2.45) is 0 Å². The van der Waals surface area contributed by atoms with Gasteiger partial charge in [0.25, 0.3) is 5.91 Å². The molecule has 0 atom stereocenters. The van der Waals surface area contributed by atoms with Crippen molar-refractivity contribution in [3.63, 3.8) is 0 Å². The van der Waals surface area contributed by atoms with Gasteiger partial charge in [-0.25, -0.2) is 0 Å². The first-order valence-corrected chi connectivity index (χ1v) is 10.0. The minimum atomic E-state index is -0.572. The van der Waals surface area contributed by atoms with Gasteiger partial charge >= 0.3 is 0 Å². The number of nitrogens with zero attached hydrogens (tertiary/aromatic N) is 3. The van der Waals surface area contributed by atoms with Crippen molar-refractivity contribution in [3.8, 4) is 11.5 Å². The quantitative estimate of drug-likeness (QED) is 0.608. The largest absolute Gasteiger partial charge is 0.490 e. The highest BCUT2D eigenvalue weighted by Gasteiger charge is 2.44. The van der Waals surface area contributed by atoms with Crippen molar-refractivity contribution in [1.82, 2.24) is 20.4 Å². The molecule has 0 unspecified atom stereocenters. The molecular weight excluding hydrogens is 384 g/mol. The van der Waals surface area contributed by atoms with Gasteiger partial charge in [0.05, 0.1) is 6.61 Å². The summed E-state index contributed by atoms with van der Waals surface area (Å²) in [5.74, 6) is 1.91. The van der Waals surface area contributed by atoms with Crippen molar-refractivity contribution in [2.75, 3.05) is 6.61 Å². The minimum Gasteiger partial charge on any atom is -0.490 e. The molecule has 0 radical (unpaired) electrons. The van der Waals surface area contributed by atoms with E-state index in [1.165, 1.54) is 0 Å². The van der Waals surface area contributed by atoms with Crippen LogP contribution in [0.3, 0.4) is 0 Å². The predicted molar refractivity (Wildman–Crippen MR) is 108 cm³/mol. The highest BCUT2D eigenvalue weighted by Crippen LogP contribution is 2.40. The van der Waals surface area contributed by atoms with E-state index in [2.05, 4.69) is 20.4 Å². The molecule has 4 rings (SSSR count). The maximum atomic E-state index is 13.0. The fourth-order valence-electron chi connectivity index (χ4n) is 3.39. The molecule has 1 fully saturated rings. The number of ether oxygens (including phenoxy) is 2. The second-order valence-corrected chi connectivity index (χ2v) is 7.27. The average Bonchev–Trinajstić information content (AvgIpc) is 3.17. The standard InChI is InChI=1S/C22H24N4O4/c1-3-28-19-13-17(5-6-18(19)29-14-16-7-11-23-12-8-16)20(27)25-22(9-4-10-22)21-24-15(2)30-26-21/h5-8,11-13H,3-4,9-10,14H2,1-2H3,(H,25,27). The Bertz CT molecular complexity index is 1010. The van der Waals surface area contributed by atoms with Crippen LogP contribution in [0, 0.1) is 6.92 Å². The second kappa shape index (κ2) is 8.52. The van der Waals surface area contributed by atoms with E-state index in [0.29, 0.717) is 42.0 Å². The summed E-state index contributed by atoms with van der Waals surface area (Å²) in [7, 11) is 0. The minimum absolute atomic E-state index is 0.209. The first kappa shape index (κ1) is 19.9. The Morgan fingerprint density at radius 2 is 1.97 bits per heavy atom. The van der Waals surface area contributed by atoms with Gasteiger partial charge in [0, 0.05) is 24.9 Å². The number of benzene rings is 1. The summed E-state index contributed by atoms with van der Waals surface area (Å²) >= 11 is 0. The molecule has 0 spiro atoms. The van der Waals surface area contributed by atoms with E-state index < -0.39 is 5.54 Å². The Labute approximate surface area is 174 Å². The van der Waals surface area contributed by atoms with Crippen molar-refractivity contribution in [3.05, 3.63) is 65.6 Å². The topological polar surface area (TPSA) is 99.4 Å². The molecule has 1 N–H and O–H groups in total. The van der Waals surface area contributed by atoms with Crippen LogP contribution in [0.5, 0.6) is 11.5 Å². The van der Waals surface area contributed by atoms with Gasteiger partial charge in [-0.05, 0) is 62.1 Å². The third-order valence-corrected chi connectivity index (χ3v) is 5.16. The molecule has 0 bridgehead atoms. The number of pyridine rings is 1. The zero-order chi connectivity index (χ0) is 21.0. The van der Waals surface area contributed by atoms with E-state index in [1.54, 1.807) is 37.5 Å². The van der Waals surface area contributed by atoms with E-state index in [9.17, 15) is 4.79 Å². The van der Waals surface area contributed by atoms with Crippen LogP contribution >= 0.6 is 0 Å². The number of nitrogens with one attached hydrogen (secondary N) is 1. The number of hydrogen-bond acceptors (Lipinski definition) is 7. The normalized spacial score (nSPS) is 14.6. The summed E-state index contributed by atoms with van der Waals surface area (Å²) < 4.78 is 16.7. The van der Waals surface area contributed by atoms with Crippen LogP contribution in [0.1, 0.15) is 53.8 Å². The Morgan fingerprint density at radius 3 is 2.60 bits per heavy atom. The van der Waals surface area contributed by atoms with E-state index in [-0.39, 0.29) is 5.91 Å². The first-order valence-electron chi connectivity index (χ1n) is 10.0. The number of carbonyl (C=O) groups is 1. The van der Waals surface area contributed by atoms with E-state index in [0.717, 1.165) is 24.8 Å². The predicted octanol–water partition coefficient (Wildman–Crippen LogP) is 3.56. The lowest BCUT2D eigenvalue weighted by Gasteiger charge is -2.39. The molecule has 1 amide bonds. The first-order chi connectivity index (χ1) is 14.6. The second-order valence-electron chi connectivity index (χ2n) is 7.27. The van der Waals surface area contributed by atoms with Crippen LogP contribution in [-0.2, 0) is 12.1 Å². The van der Waals surface area contributed by atoms with Gasteiger partial charge in [-0.1, -0.05) is 5.16 Å². The van der Waals surface area contributed by atoms with Crippen LogP contribution in [-0.4, -0.2) is 27.6 Å². The molecule has 1 aliphatic rings. The Balaban J connectivity index is 1.50. The van der Waals surface area contributed by atoms with Crippen molar-refractivity contribution >= 4 is 5.91 Å². The maximum absolute atomic E-state index is 13.0. The van der Waals surface area contributed by atoms with Gasteiger partial charge < -0.3 is 19.3 Å². The number of hydrogen-bond donors (Lipinski definition) is 1. The third-order valence-electron chi connectivity index (χ3n) is 5.16. The smallest absolute Gasteiger partial charge is 0.252 e. The lowest BCUT2D eigenvalue weighted by molar-refractivity contribution is 0.0804.